The Morgan fingerprint density at radius 3 is 2.73 bits per heavy atom. The van der Waals surface area contributed by atoms with Crippen LogP contribution in [0.3, 0.4) is 0 Å². The molecule has 1 aliphatic carbocycles. The first-order valence-corrected chi connectivity index (χ1v) is 11.8. The standard InChI is InChI=1S/C25H33N3O5/c1-24(2,3)33-23(30)27-9-8-25(12-17(25)14-27)13-21-26-19-6-5-16(22(29)31-4)11-20(19)28(21)15-18-7-10-32-18/h5-6,11,17-18H,7-10,12-15H2,1-4H3/t17-,18-,25-/m0/s1. The van der Waals surface area contributed by atoms with Crippen molar-refractivity contribution >= 4 is 23.1 Å². The van der Waals surface area contributed by atoms with E-state index < -0.39 is 5.60 Å². The molecule has 2 saturated heterocycles. The van der Waals surface area contributed by atoms with Gasteiger partial charge in [-0.05, 0) is 69.6 Å². The summed E-state index contributed by atoms with van der Waals surface area (Å²) in [6, 6.07) is 5.55. The molecule has 3 atom stereocenters. The van der Waals surface area contributed by atoms with Crippen molar-refractivity contribution in [2.45, 2.75) is 64.7 Å². The minimum atomic E-state index is -0.479. The quantitative estimate of drug-likeness (QED) is 0.638. The van der Waals surface area contributed by atoms with Gasteiger partial charge in [-0.2, -0.15) is 0 Å². The van der Waals surface area contributed by atoms with E-state index in [0.29, 0.717) is 18.0 Å². The molecule has 1 amide bonds. The second kappa shape index (κ2) is 8.01. The number of rotatable bonds is 5. The van der Waals surface area contributed by atoms with E-state index in [1.54, 1.807) is 6.07 Å². The number of hydrogen-bond acceptors (Lipinski definition) is 6. The third-order valence-corrected chi connectivity index (χ3v) is 7.27. The number of carbonyl (C=O) groups is 2. The zero-order chi connectivity index (χ0) is 23.4. The number of methoxy groups -OCH3 is 1. The number of hydrogen-bond donors (Lipinski definition) is 0. The van der Waals surface area contributed by atoms with Crippen molar-refractivity contribution in [2.75, 3.05) is 26.8 Å². The normalized spacial score (nSPS) is 26.5. The maximum atomic E-state index is 12.5. The first kappa shape index (κ1) is 22.2. The number of aromatic nitrogens is 2. The summed E-state index contributed by atoms with van der Waals surface area (Å²) in [5, 5.41) is 0. The Balaban J connectivity index is 1.36. The Morgan fingerprint density at radius 2 is 2.09 bits per heavy atom. The van der Waals surface area contributed by atoms with E-state index in [1.807, 2.05) is 37.8 Å². The van der Waals surface area contributed by atoms with Crippen molar-refractivity contribution in [1.29, 1.82) is 0 Å². The van der Waals surface area contributed by atoms with Crippen molar-refractivity contribution in [2.24, 2.45) is 11.3 Å². The second-order valence-corrected chi connectivity index (χ2v) is 10.7. The number of amides is 1. The Morgan fingerprint density at radius 1 is 1.30 bits per heavy atom. The molecule has 2 aliphatic heterocycles. The summed E-state index contributed by atoms with van der Waals surface area (Å²) >= 11 is 0. The van der Waals surface area contributed by atoms with Crippen molar-refractivity contribution in [1.82, 2.24) is 14.5 Å². The fourth-order valence-corrected chi connectivity index (χ4v) is 5.21. The van der Waals surface area contributed by atoms with E-state index in [1.165, 1.54) is 7.11 Å². The molecule has 3 aliphatic rings. The molecule has 0 bridgehead atoms. The summed E-state index contributed by atoms with van der Waals surface area (Å²) in [6.07, 6.45) is 3.93. The van der Waals surface area contributed by atoms with Gasteiger partial charge in [0, 0.05) is 26.1 Å². The number of imidazole rings is 1. The number of ether oxygens (including phenoxy) is 3. The Hall–Kier alpha value is -2.61. The Labute approximate surface area is 194 Å². The number of carbonyl (C=O) groups excluding carboxylic acids is 2. The van der Waals surface area contributed by atoms with Crippen LogP contribution in [0.5, 0.6) is 0 Å². The average molecular weight is 456 g/mol. The molecule has 3 fully saturated rings. The van der Waals surface area contributed by atoms with Gasteiger partial charge in [-0.25, -0.2) is 14.6 Å². The molecule has 2 aromatic rings. The lowest BCUT2D eigenvalue weighted by atomic mass is 9.91. The summed E-state index contributed by atoms with van der Waals surface area (Å²) < 4.78 is 18.4. The van der Waals surface area contributed by atoms with Crippen LogP contribution in [0.15, 0.2) is 18.2 Å². The number of nitrogens with zero attached hydrogens (tertiary/aromatic N) is 3. The SMILES string of the molecule is COC(=O)c1ccc2nc(C[C@@]34CCN(C(=O)OC(C)(C)C)C[C@@H]3C4)n(C[C@@H]3CCO3)c2c1. The molecule has 0 unspecified atom stereocenters. The minimum absolute atomic E-state index is 0.184. The number of fused-ring (bicyclic) bond motifs is 2. The van der Waals surface area contributed by atoms with Gasteiger partial charge in [0.05, 0.1) is 36.4 Å². The third kappa shape index (κ3) is 4.33. The molecule has 5 rings (SSSR count). The lowest BCUT2D eigenvalue weighted by Crippen LogP contribution is -2.42. The van der Waals surface area contributed by atoms with E-state index in [-0.39, 0.29) is 23.6 Å². The predicted molar refractivity (Wildman–Crippen MR) is 122 cm³/mol. The fraction of sp³-hybridized carbons (Fsp3) is 0.640. The van der Waals surface area contributed by atoms with Crippen LogP contribution in [0.1, 0.15) is 56.2 Å². The summed E-state index contributed by atoms with van der Waals surface area (Å²) in [6.45, 7) is 8.69. The molecular formula is C25H33N3O5. The van der Waals surface area contributed by atoms with Crippen LogP contribution in [0.2, 0.25) is 0 Å². The molecule has 8 nitrogen and oxygen atoms in total. The van der Waals surface area contributed by atoms with Gasteiger partial charge in [0.1, 0.15) is 11.4 Å². The molecule has 1 aromatic heterocycles. The molecule has 0 spiro atoms. The van der Waals surface area contributed by atoms with E-state index in [0.717, 1.165) is 62.2 Å². The van der Waals surface area contributed by atoms with Gasteiger partial charge < -0.3 is 23.7 Å². The van der Waals surface area contributed by atoms with Crippen LogP contribution in [0.4, 0.5) is 4.79 Å². The number of likely N-dealkylation sites (tertiary alicyclic amines) is 1. The fourth-order valence-electron chi connectivity index (χ4n) is 5.21. The van der Waals surface area contributed by atoms with Crippen LogP contribution in [0, 0.1) is 11.3 Å². The largest absolute Gasteiger partial charge is 0.465 e. The van der Waals surface area contributed by atoms with Gasteiger partial charge >= 0.3 is 12.1 Å². The highest BCUT2D eigenvalue weighted by Crippen LogP contribution is 2.59. The van der Waals surface area contributed by atoms with Gasteiger partial charge in [0.15, 0.2) is 0 Å². The van der Waals surface area contributed by atoms with E-state index >= 15 is 0 Å². The molecule has 0 radical (unpaired) electrons. The topological polar surface area (TPSA) is 82.9 Å². The van der Waals surface area contributed by atoms with Crippen LogP contribution < -0.4 is 0 Å². The molecule has 1 aromatic carbocycles. The van der Waals surface area contributed by atoms with E-state index in [2.05, 4.69) is 4.57 Å². The van der Waals surface area contributed by atoms with Crippen molar-refractivity contribution in [3.05, 3.63) is 29.6 Å². The maximum Gasteiger partial charge on any atom is 0.410 e. The monoisotopic (exact) mass is 455 g/mol. The second-order valence-electron chi connectivity index (χ2n) is 10.7. The van der Waals surface area contributed by atoms with Crippen molar-refractivity contribution in [3.63, 3.8) is 0 Å². The van der Waals surface area contributed by atoms with Gasteiger partial charge in [-0.3, -0.25) is 0 Å². The minimum Gasteiger partial charge on any atom is -0.465 e. The van der Waals surface area contributed by atoms with Crippen LogP contribution in [-0.2, 0) is 27.2 Å². The molecule has 33 heavy (non-hydrogen) atoms. The highest BCUT2D eigenvalue weighted by Gasteiger charge is 2.57. The number of benzene rings is 1. The molecule has 1 saturated carbocycles. The molecule has 3 heterocycles. The molecule has 8 heteroatoms. The average Bonchev–Trinajstić information content (AvgIpc) is 3.34. The Kier molecular flexibility index (Phi) is 5.39. The maximum absolute atomic E-state index is 12.5. The number of esters is 1. The Bertz CT molecular complexity index is 1080. The van der Waals surface area contributed by atoms with Crippen molar-refractivity contribution < 1.29 is 23.8 Å². The van der Waals surface area contributed by atoms with Gasteiger partial charge in [-0.1, -0.05) is 0 Å². The summed E-state index contributed by atoms with van der Waals surface area (Å²) in [5.41, 5.74) is 2.07. The van der Waals surface area contributed by atoms with E-state index in [4.69, 9.17) is 19.2 Å². The zero-order valence-electron chi connectivity index (χ0n) is 19.9. The van der Waals surface area contributed by atoms with E-state index in [9.17, 15) is 9.59 Å². The summed E-state index contributed by atoms with van der Waals surface area (Å²) in [5.74, 6) is 1.16. The predicted octanol–water partition coefficient (Wildman–Crippen LogP) is 3.80. The molecule has 0 N–H and O–H groups in total. The molecular weight excluding hydrogens is 422 g/mol. The third-order valence-electron chi connectivity index (χ3n) is 7.27. The van der Waals surface area contributed by atoms with Crippen LogP contribution in [-0.4, -0.2) is 65.0 Å². The van der Waals surface area contributed by atoms with Crippen LogP contribution >= 0.6 is 0 Å². The lowest BCUT2D eigenvalue weighted by molar-refractivity contribution is -0.0591. The van der Waals surface area contributed by atoms with Crippen LogP contribution in [0.25, 0.3) is 11.0 Å². The number of piperidine rings is 1. The van der Waals surface area contributed by atoms with Gasteiger partial charge in [0.25, 0.3) is 0 Å². The lowest BCUT2D eigenvalue weighted by Gasteiger charge is -2.33. The first-order chi connectivity index (χ1) is 15.7. The van der Waals surface area contributed by atoms with Crippen molar-refractivity contribution in [3.8, 4) is 0 Å². The van der Waals surface area contributed by atoms with Gasteiger partial charge in [0.2, 0.25) is 0 Å². The first-order valence-electron chi connectivity index (χ1n) is 11.8. The molecule has 178 valence electrons. The summed E-state index contributed by atoms with van der Waals surface area (Å²) in [7, 11) is 1.40. The highest BCUT2D eigenvalue weighted by atomic mass is 16.6. The summed E-state index contributed by atoms with van der Waals surface area (Å²) in [4.78, 5) is 31.4. The van der Waals surface area contributed by atoms with Gasteiger partial charge in [-0.15, -0.1) is 0 Å². The highest BCUT2D eigenvalue weighted by molar-refractivity contribution is 5.93. The zero-order valence-corrected chi connectivity index (χ0v) is 19.9. The smallest absolute Gasteiger partial charge is 0.410 e.